The van der Waals surface area contributed by atoms with Crippen molar-refractivity contribution in [3.8, 4) is 11.5 Å². The fourth-order valence-corrected chi connectivity index (χ4v) is 4.40. The number of sulfonamides is 1. The zero-order valence-electron chi connectivity index (χ0n) is 18.6. The Morgan fingerprint density at radius 3 is 2.27 bits per heavy atom. The van der Waals surface area contributed by atoms with Crippen molar-refractivity contribution in [2.75, 3.05) is 25.1 Å². The number of ether oxygens (including phenoxy) is 2. The molecule has 0 unspecified atom stereocenters. The molecule has 0 aliphatic carbocycles. The van der Waals surface area contributed by atoms with Crippen molar-refractivity contribution in [3.63, 3.8) is 0 Å². The summed E-state index contributed by atoms with van der Waals surface area (Å²) in [4.78, 5) is 12.7. The van der Waals surface area contributed by atoms with E-state index in [1.807, 2.05) is 6.92 Å². The van der Waals surface area contributed by atoms with Crippen molar-refractivity contribution < 1.29 is 22.7 Å². The van der Waals surface area contributed by atoms with Crippen molar-refractivity contribution in [1.29, 1.82) is 0 Å². The number of rotatable bonds is 9. The van der Waals surface area contributed by atoms with Gasteiger partial charge in [-0.15, -0.1) is 0 Å². The van der Waals surface area contributed by atoms with Crippen LogP contribution in [0.1, 0.15) is 11.1 Å². The highest BCUT2D eigenvalue weighted by Gasteiger charge is 2.27. The Morgan fingerprint density at radius 2 is 1.61 bits per heavy atom. The van der Waals surface area contributed by atoms with Crippen LogP contribution in [-0.2, 0) is 14.8 Å². The first-order valence-corrected chi connectivity index (χ1v) is 11.5. The minimum absolute atomic E-state index is 0.0728. The Labute approximate surface area is 193 Å². The number of anilines is 1. The third-order valence-electron chi connectivity index (χ3n) is 4.73. The minimum atomic E-state index is -4.03. The van der Waals surface area contributed by atoms with Crippen molar-refractivity contribution in [2.24, 2.45) is 5.10 Å². The quantitative estimate of drug-likeness (QED) is 0.384. The second-order valence-electron chi connectivity index (χ2n) is 7.10. The molecule has 0 radical (unpaired) electrons. The van der Waals surface area contributed by atoms with Gasteiger partial charge in [-0.25, -0.2) is 13.8 Å². The normalized spacial score (nSPS) is 11.2. The summed E-state index contributed by atoms with van der Waals surface area (Å²) in [5.74, 6) is 0.513. The van der Waals surface area contributed by atoms with Crippen LogP contribution >= 0.6 is 0 Å². The highest BCUT2D eigenvalue weighted by Crippen LogP contribution is 2.27. The summed E-state index contributed by atoms with van der Waals surface area (Å²) in [5, 5.41) is 3.94. The Balaban J connectivity index is 1.85. The van der Waals surface area contributed by atoms with E-state index in [-0.39, 0.29) is 4.90 Å². The van der Waals surface area contributed by atoms with Crippen LogP contribution in [0.2, 0.25) is 0 Å². The summed E-state index contributed by atoms with van der Waals surface area (Å²) in [7, 11) is -0.989. The molecule has 0 fully saturated rings. The second kappa shape index (κ2) is 10.6. The Morgan fingerprint density at radius 1 is 0.970 bits per heavy atom. The lowest BCUT2D eigenvalue weighted by molar-refractivity contribution is -0.119. The number of methoxy groups -OCH3 is 2. The van der Waals surface area contributed by atoms with Crippen molar-refractivity contribution >= 4 is 27.8 Å². The molecule has 1 amide bonds. The van der Waals surface area contributed by atoms with E-state index in [0.717, 1.165) is 9.87 Å². The second-order valence-corrected chi connectivity index (χ2v) is 8.96. The molecule has 0 aromatic heterocycles. The monoisotopic (exact) mass is 467 g/mol. The van der Waals surface area contributed by atoms with Crippen LogP contribution in [-0.4, -0.2) is 41.3 Å². The highest BCUT2D eigenvalue weighted by atomic mass is 32.2. The first-order chi connectivity index (χ1) is 15.8. The van der Waals surface area contributed by atoms with E-state index in [4.69, 9.17) is 9.47 Å². The van der Waals surface area contributed by atoms with Gasteiger partial charge >= 0.3 is 0 Å². The van der Waals surface area contributed by atoms with Gasteiger partial charge in [-0.3, -0.25) is 9.10 Å². The lowest BCUT2D eigenvalue weighted by Crippen LogP contribution is -2.39. The smallest absolute Gasteiger partial charge is 0.264 e. The Hall–Kier alpha value is -3.85. The third kappa shape index (κ3) is 6.11. The summed E-state index contributed by atoms with van der Waals surface area (Å²) >= 11 is 0. The van der Waals surface area contributed by atoms with Gasteiger partial charge in [0.1, 0.15) is 18.0 Å². The minimum Gasteiger partial charge on any atom is -0.497 e. The van der Waals surface area contributed by atoms with E-state index < -0.39 is 22.5 Å². The molecule has 1 N–H and O–H groups in total. The topological polar surface area (TPSA) is 97.3 Å². The van der Waals surface area contributed by atoms with Gasteiger partial charge in [0.15, 0.2) is 0 Å². The Kier molecular flexibility index (Phi) is 7.68. The van der Waals surface area contributed by atoms with Gasteiger partial charge in [0.25, 0.3) is 15.9 Å². The Bertz CT molecular complexity index is 1240. The molecule has 0 aliphatic rings. The maximum absolute atomic E-state index is 13.4. The summed E-state index contributed by atoms with van der Waals surface area (Å²) < 4.78 is 38.2. The van der Waals surface area contributed by atoms with Gasteiger partial charge in [0.2, 0.25) is 0 Å². The van der Waals surface area contributed by atoms with E-state index in [1.54, 1.807) is 67.8 Å². The molecular weight excluding hydrogens is 442 g/mol. The van der Waals surface area contributed by atoms with Crippen LogP contribution in [0.25, 0.3) is 0 Å². The highest BCUT2D eigenvalue weighted by molar-refractivity contribution is 7.92. The van der Waals surface area contributed by atoms with Crippen LogP contribution in [0.15, 0.2) is 82.8 Å². The zero-order chi connectivity index (χ0) is 23.8. The molecule has 0 saturated heterocycles. The molecule has 3 aromatic rings. The van der Waals surface area contributed by atoms with Crippen LogP contribution in [0, 0.1) is 6.92 Å². The van der Waals surface area contributed by atoms with Gasteiger partial charge < -0.3 is 9.47 Å². The van der Waals surface area contributed by atoms with Gasteiger partial charge in [0, 0.05) is 6.07 Å². The van der Waals surface area contributed by atoms with Crippen LogP contribution < -0.4 is 19.2 Å². The lowest BCUT2D eigenvalue weighted by Gasteiger charge is -2.24. The van der Waals surface area contributed by atoms with Gasteiger partial charge in [0.05, 0.1) is 31.0 Å². The molecule has 3 aromatic carbocycles. The number of amides is 1. The van der Waals surface area contributed by atoms with Gasteiger partial charge in [-0.1, -0.05) is 35.9 Å². The largest absolute Gasteiger partial charge is 0.497 e. The predicted molar refractivity (Wildman–Crippen MR) is 127 cm³/mol. The van der Waals surface area contributed by atoms with E-state index in [1.165, 1.54) is 25.5 Å². The summed E-state index contributed by atoms with van der Waals surface area (Å²) in [5.41, 5.74) is 4.31. The summed E-state index contributed by atoms with van der Waals surface area (Å²) in [6, 6.07) is 20.1. The molecule has 0 aliphatic heterocycles. The van der Waals surface area contributed by atoms with E-state index in [2.05, 4.69) is 10.5 Å². The predicted octanol–water partition coefficient (Wildman–Crippen LogP) is 3.36. The molecule has 0 atom stereocenters. The fourth-order valence-electron chi connectivity index (χ4n) is 2.98. The number of carbonyl (C=O) groups excluding carboxylic acids is 1. The first kappa shape index (κ1) is 23.8. The van der Waals surface area contributed by atoms with Gasteiger partial charge in [-0.2, -0.15) is 5.10 Å². The molecule has 172 valence electrons. The maximum atomic E-state index is 13.4. The molecule has 8 nitrogen and oxygen atoms in total. The molecular formula is C24H25N3O5S. The van der Waals surface area contributed by atoms with Crippen molar-refractivity contribution in [3.05, 3.63) is 83.9 Å². The number of hydrogen-bond acceptors (Lipinski definition) is 6. The molecule has 33 heavy (non-hydrogen) atoms. The summed E-state index contributed by atoms with van der Waals surface area (Å²) in [6.45, 7) is 1.39. The zero-order valence-corrected chi connectivity index (χ0v) is 19.4. The number of hydrogen-bond donors (Lipinski definition) is 1. The average Bonchev–Trinajstić information content (AvgIpc) is 2.83. The van der Waals surface area contributed by atoms with E-state index in [9.17, 15) is 13.2 Å². The number of hydrazone groups is 1. The molecule has 0 spiro atoms. The number of benzene rings is 3. The number of carbonyl (C=O) groups is 1. The molecule has 0 saturated carbocycles. The number of nitrogens with zero attached hydrogens (tertiary/aromatic N) is 2. The van der Waals surface area contributed by atoms with Crippen molar-refractivity contribution in [1.82, 2.24) is 5.43 Å². The van der Waals surface area contributed by atoms with Crippen LogP contribution in [0.3, 0.4) is 0 Å². The van der Waals surface area contributed by atoms with E-state index in [0.29, 0.717) is 22.7 Å². The standard InChI is InChI=1S/C24H25N3O5S/c1-18-10-12-23(13-11-18)33(29,30)27(20-7-5-9-22(15-20)32-3)17-24(28)26-25-16-19-6-4-8-21(14-19)31-2/h4-16H,17H2,1-3H3,(H,26,28)/b25-16+. The van der Waals surface area contributed by atoms with Gasteiger partial charge in [-0.05, 0) is 48.9 Å². The lowest BCUT2D eigenvalue weighted by atomic mass is 10.2. The maximum Gasteiger partial charge on any atom is 0.264 e. The molecule has 0 heterocycles. The molecule has 9 heteroatoms. The molecule has 0 bridgehead atoms. The SMILES string of the molecule is COc1cccc(/C=N/NC(=O)CN(c2cccc(OC)c2)S(=O)(=O)c2ccc(C)cc2)c1. The fraction of sp³-hybridized carbons (Fsp3) is 0.167. The van der Waals surface area contributed by atoms with Crippen molar-refractivity contribution in [2.45, 2.75) is 11.8 Å². The third-order valence-corrected chi connectivity index (χ3v) is 6.52. The van der Waals surface area contributed by atoms with Crippen LogP contribution in [0.4, 0.5) is 5.69 Å². The number of nitrogens with one attached hydrogen (secondary N) is 1. The average molecular weight is 468 g/mol. The van der Waals surface area contributed by atoms with E-state index >= 15 is 0 Å². The number of aryl methyl sites for hydroxylation is 1. The first-order valence-electron chi connectivity index (χ1n) is 10.0. The van der Waals surface area contributed by atoms with Crippen LogP contribution in [0.5, 0.6) is 11.5 Å². The summed E-state index contributed by atoms with van der Waals surface area (Å²) in [6.07, 6.45) is 1.45. The molecule has 3 rings (SSSR count).